The molecule has 0 aromatic heterocycles. The van der Waals surface area contributed by atoms with Gasteiger partial charge in [-0.15, -0.1) is 0 Å². The van der Waals surface area contributed by atoms with Crippen molar-refractivity contribution in [2.75, 3.05) is 7.11 Å². The second-order valence-corrected chi connectivity index (χ2v) is 2.34. The Balaban J connectivity index is 3.14. The molecule has 0 amide bonds. The normalized spacial score (nSPS) is 9.79. The van der Waals surface area contributed by atoms with Crippen molar-refractivity contribution in [1.82, 2.24) is 0 Å². The maximum absolute atomic E-state index is 13.0. The molecule has 1 aromatic rings. The summed E-state index contributed by atoms with van der Waals surface area (Å²) in [7, 11) is -1.02. The lowest BCUT2D eigenvalue weighted by atomic mass is 10.2. The van der Waals surface area contributed by atoms with Gasteiger partial charge in [-0.05, 0) is 12.1 Å². The monoisotopic (exact) mass is 204 g/mol. The molecule has 0 unspecified atom stereocenters. The molecule has 0 heterocycles. The highest BCUT2D eigenvalue weighted by molar-refractivity contribution is 6.33. The van der Waals surface area contributed by atoms with Gasteiger partial charge in [0.05, 0.1) is 7.11 Å². The number of ether oxygens (including phenoxy) is 1. The smallest absolute Gasteiger partial charge is 0.507 e. The molecule has 7 heteroatoms. The molecule has 0 aliphatic heterocycles. The van der Waals surface area contributed by atoms with Crippen molar-refractivity contribution in [3.8, 4) is 11.5 Å². The molecular weight excluding hydrogens is 197 g/mol. The lowest BCUT2D eigenvalue weighted by molar-refractivity contribution is 0.269. The fraction of sp³-hybridized carbons (Fsp3) is 0.143. The summed E-state index contributed by atoms with van der Waals surface area (Å²) in [6.07, 6.45) is 0. The minimum absolute atomic E-state index is 0.128. The predicted molar refractivity (Wildman–Crippen MR) is 43.7 cm³/mol. The van der Waals surface area contributed by atoms with Gasteiger partial charge in [-0.1, -0.05) is 0 Å². The van der Waals surface area contributed by atoms with Crippen LogP contribution in [-0.4, -0.2) is 24.5 Å². The quantitative estimate of drug-likeness (QED) is 0.696. The topological polar surface area (TPSA) is 58.9 Å². The summed E-state index contributed by atoms with van der Waals surface area (Å²) < 4.78 is 34.5. The minimum atomic E-state index is -2.24. The van der Waals surface area contributed by atoms with Gasteiger partial charge >= 0.3 is 7.32 Å². The van der Waals surface area contributed by atoms with Crippen LogP contribution in [0, 0.1) is 11.6 Å². The van der Waals surface area contributed by atoms with E-state index >= 15 is 0 Å². The van der Waals surface area contributed by atoms with E-state index in [-0.39, 0.29) is 5.75 Å². The summed E-state index contributed by atoms with van der Waals surface area (Å²) in [6.45, 7) is 0. The van der Waals surface area contributed by atoms with Gasteiger partial charge in [0.2, 0.25) is 5.82 Å². The van der Waals surface area contributed by atoms with Crippen molar-refractivity contribution in [1.29, 1.82) is 0 Å². The number of hydrogen-bond acceptors (Lipinski definition) is 4. The molecule has 2 N–H and O–H groups in total. The minimum Gasteiger partial charge on any atom is -0.507 e. The van der Waals surface area contributed by atoms with Crippen molar-refractivity contribution in [3.05, 3.63) is 23.8 Å². The van der Waals surface area contributed by atoms with Gasteiger partial charge in [0.15, 0.2) is 17.3 Å². The van der Waals surface area contributed by atoms with Gasteiger partial charge in [-0.25, -0.2) is 4.39 Å². The Morgan fingerprint density at radius 3 is 2.43 bits per heavy atom. The molecule has 0 saturated heterocycles. The maximum Gasteiger partial charge on any atom is 0.707 e. The molecule has 0 saturated carbocycles. The molecule has 0 aliphatic rings. The number of rotatable bonds is 3. The fourth-order valence-corrected chi connectivity index (χ4v) is 0.890. The maximum atomic E-state index is 13.0. The second kappa shape index (κ2) is 4.25. The van der Waals surface area contributed by atoms with Gasteiger partial charge < -0.3 is 19.4 Å². The number of benzene rings is 1. The molecule has 1 aromatic carbocycles. The molecule has 0 bridgehead atoms. The van der Waals surface area contributed by atoms with Crippen molar-refractivity contribution < 1.29 is 28.2 Å². The van der Waals surface area contributed by atoms with Gasteiger partial charge in [0.25, 0.3) is 0 Å². The predicted octanol–water partition coefficient (Wildman–Crippen LogP) is 0.322. The highest BCUT2D eigenvalue weighted by Crippen LogP contribution is 2.31. The lowest BCUT2D eigenvalue weighted by Gasteiger charge is -2.10. The zero-order valence-electron chi connectivity index (χ0n) is 7.20. The van der Waals surface area contributed by atoms with Crippen LogP contribution in [0.1, 0.15) is 0 Å². The number of halogens is 2. The highest BCUT2D eigenvalue weighted by Gasteiger charge is 2.21. The summed E-state index contributed by atoms with van der Waals surface area (Å²) in [4.78, 5) is 0. The first-order chi connectivity index (χ1) is 6.56. The van der Waals surface area contributed by atoms with Crippen LogP contribution in [0.5, 0.6) is 11.5 Å². The van der Waals surface area contributed by atoms with E-state index < -0.39 is 24.7 Å². The van der Waals surface area contributed by atoms with E-state index in [1.807, 2.05) is 0 Å². The molecule has 0 atom stereocenters. The third-order valence-corrected chi connectivity index (χ3v) is 1.46. The summed E-state index contributed by atoms with van der Waals surface area (Å²) in [5.41, 5.74) is 0. The Labute approximate surface area is 78.9 Å². The standard InChI is InChI=1S/C7H7BF2O4/c1-13-5-3-2-4(9)6(10)7(5)14-8(11)12/h2-3,11-12H,1H3. The summed E-state index contributed by atoms with van der Waals surface area (Å²) in [5.74, 6) is -3.31. The third-order valence-electron chi connectivity index (χ3n) is 1.46. The Bertz CT molecular complexity index is 332. The zero-order chi connectivity index (χ0) is 10.7. The van der Waals surface area contributed by atoms with Crippen LogP contribution >= 0.6 is 0 Å². The Kier molecular flexibility index (Phi) is 3.26. The fourth-order valence-electron chi connectivity index (χ4n) is 0.890. The van der Waals surface area contributed by atoms with Gasteiger partial charge in [-0.3, -0.25) is 0 Å². The Hall–Kier alpha value is -1.34. The molecule has 14 heavy (non-hydrogen) atoms. The molecule has 0 radical (unpaired) electrons. The molecule has 76 valence electrons. The van der Waals surface area contributed by atoms with Crippen LogP contribution in [0.4, 0.5) is 8.78 Å². The van der Waals surface area contributed by atoms with Crippen LogP contribution in [0.25, 0.3) is 0 Å². The summed E-state index contributed by atoms with van der Waals surface area (Å²) in [6, 6.07) is 1.95. The second-order valence-electron chi connectivity index (χ2n) is 2.34. The van der Waals surface area contributed by atoms with Crippen LogP contribution in [0.2, 0.25) is 0 Å². The van der Waals surface area contributed by atoms with E-state index in [0.29, 0.717) is 0 Å². The molecule has 0 aliphatic carbocycles. The third kappa shape index (κ3) is 2.12. The molecular formula is C7H7BF2O4. The lowest BCUT2D eigenvalue weighted by Crippen LogP contribution is -2.21. The first-order valence-electron chi connectivity index (χ1n) is 3.61. The summed E-state index contributed by atoms with van der Waals surface area (Å²) in [5, 5.41) is 16.9. The average molecular weight is 204 g/mol. The van der Waals surface area contributed by atoms with Crippen LogP contribution < -0.4 is 9.39 Å². The molecule has 1 rings (SSSR count). The largest absolute Gasteiger partial charge is 0.707 e. The van der Waals surface area contributed by atoms with Crippen LogP contribution in [0.15, 0.2) is 12.1 Å². The van der Waals surface area contributed by atoms with E-state index in [1.54, 1.807) is 0 Å². The summed E-state index contributed by atoms with van der Waals surface area (Å²) >= 11 is 0. The molecule has 0 spiro atoms. The van der Waals surface area contributed by atoms with Crippen LogP contribution in [-0.2, 0) is 0 Å². The first kappa shape index (κ1) is 10.7. The van der Waals surface area contributed by atoms with Crippen molar-refractivity contribution in [3.63, 3.8) is 0 Å². The van der Waals surface area contributed by atoms with Gasteiger partial charge in [-0.2, -0.15) is 4.39 Å². The van der Waals surface area contributed by atoms with E-state index in [1.165, 1.54) is 7.11 Å². The SMILES string of the molecule is COc1ccc(F)c(F)c1OB(O)O. The Morgan fingerprint density at radius 1 is 1.29 bits per heavy atom. The Morgan fingerprint density at radius 2 is 1.93 bits per heavy atom. The number of hydrogen-bond donors (Lipinski definition) is 2. The molecule has 4 nitrogen and oxygen atoms in total. The highest BCUT2D eigenvalue weighted by atomic mass is 19.2. The zero-order valence-corrected chi connectivity index (χ0v) is 7.20. The van der Waals surface area contributed by atoms with Crippen LogP contribution in [0.3, 0.4) is 0 Å². The average Bonchev–Trinajstić information content (AvgIpc) is 2.13. The first-order valence-corrected chi connectivity index (χ1v) is 3.61. The van der Waals surface area contributed by atoms with E-state index in [2.05, 4.69) is 9.39 Å². The number of methoxy groups -OCH3 is 1. The van der Waals surface area contributed by atoms with Gasteiger partial charge in [0.1, 0.15) is 0 Å². The van der Waals surface area contributed by atoms with E-state index in [4.69, 9.17) is 10.0 Å². The van der Waals surface area contributed by atoms with E-state index in [9.17, 15) is 8.78 Å². The van der Waals surface area contributed by atoms with Crippen molar-refractivity contribution >= 4 is 7.32 Å². The van der Waals surface area contributed by atoms with Crippen molar-refractivity contribution in [2.45, 2.75) is 0 Å². The molecule has 0 fully saturated rings. The van der Waals surface area contributed by atoms with Gasteiger partial charge in [0, 0.05) is 0 Å². The van der Waals surface area contributed by atoms with Crippen molar-refractivity contribution in [2.24, 2.45) is 0 Å². The van der Waals surface area contributed by atoms with E-state index in [0.717, 1.165) is 12.1 Å².